The van der Waals surface area contributed by atoms with Crippen LogP contribution in [0.2, 0.25) is 0 Å². The smallest absolute Gasteiger partial charge is 0.0417 e. The van der Waals surface area contributed by atoms with Crippen LogP contribution in [0.15, 0.2) is 6.07 Å². The number of nitrogens with one attached hydrogen (secondary N) is 1. The number of thiophene rings is 1. The molecule has 0 bridgehead atoms. The van der Waals surface area contributed by atoms with Gasteiger partial charge in [0.1, 0.15) is 0 Å². The van der Waals surface area contributed by atoms with Gasteiger partial charge in [0, 0.05) is 15.8 Å². The molecule has 0 saturated carbocycles. The van der Waals surface area contributed by atoms with Crippen molar-refractivity contribution in [2.45, 2.75) is 53.5 Å². The first kappa shape index (κ1) is 13.7. The Balaban J connectivity index is 2.72. The van der Waals surface area contributed by atoms with Gasteiger partial charge in [-0.3, -0.25) is 0 Å². The first-order valence-corrected chi connectivity index (χ1v) is 7.16. The van der Waals surface area contributed by atoms with Crippen molar-refractivity contribution in [2.75, 3.05) is 6.54 Å². The second kappa shape index (κ2) is 6.41. The lowest BCUT2D eigenvalue weighted by atomic mass is 10.0. The fourth-order valence-corrected chi connectivity index (χ4v) is 3.22. The molecule has 0 saturated heterocycles. The summed E-state index contributed by atoms with van der Waals surface area (Å²) in [6.07, 6.45) is 2.56. The van der Waals surface area contributed by atoms with Gasteiger partial charge in [0.15, 0.2) is 0 Å². The van der Waals surface area contributed by atoms with Crippen LogP contribution in [0.25, 0.3) is 0 Å². The predicted molar refractivity (Wildman–Crippen MR) is 74.3 cm³/mol. The molecule has 1 aromatic rings. The summed E-state index contributed by atoms with van der Waals surface area (Å²) >= 11 is 1.95. The molecule has 1 atom stereocenters. The summed E-state index contributed by atoms with van der Waals surface area (Å²) < 4.78 is 0. The zero-order valence-corrected chi connectivity index (χ0v) is 12.1. The molecule has 1 heterocycles. The van der Waals surface area contributed by atoms with E-state index in [0.29, 0.717) is 6.04 Å². The lowest BCUT2D eigenvalue weighted by Crippen LogP contribution is -2.21. The molecule has 1 nitrogen and oxygen atoms in total. The maximum Gasteiger partial charge on any atom is 0.0417 e. The topological polar surface area (TPSA) is 12.0 Å². The molecule has 1 N–H and O–H groups in total. The van der Waals surface area contributed by atoms with Crippen LogP contribution in [-0.4, -0.2) is 6.54 Å². The standard InChI is InChI=1S/C14H25NS/c1-6-15-13(8-7-10(2)3)14-11(4)9-12(5)16-14/h9-10,13,15H,6-8H2,1-5H3. The number of rotatable bonds is 6. The van der Waals surface area contributed by atoms with E-state index in [2.05, 4.69) is 46.0 Å². The zero-order valence-electron chi connectivity index (χ0n) is 11.3. The van der Waals surface area contributed by atoms with Crippen LogP contribution < -0.4 is 5.32 Å². The van der Waals surface area contributed by atoms with E-state index in [9.17, 15) is 0 Å². The molecule has 2 heteroatoms. The Morgan fingerprint density at radius 3 is 2.38 bits per heavy atom. The van der Waals surface area contributed by atoms with Crippen molar-refractivity contribution in [1.82, 2.24) is 5.32 Å². The van der Waals surface area contributed by atoms with Crippen molar-refractivity contribution >= 4 is 11.3 Å². The second-order valence-electron chi connectivity index (χ2n) is 4.99. The third-order valence-electron chi connectivity index (χ3n) is 2.88. The van der Waals surface area contributed by atoms with Gasteiger partial charge in [0.05, 0.1) is 0 Å². The van der Waals surface area contributed by atoms with Gasteiger partial charge in [-0.2, -0.15) is 0 Å². The van der Waals surface area contributed by atoms with Crippen LogP contribution in [0.5, 0.6) is 0 Å². The molecule has 1 rings (SSSR count). The number of hydrogen-bond acceptors (Lipinski definition) is 2. The Bertz CT molecular complexity index is 315. The molecule has 0 amide bonds. The quantitative estimate of drug-likeness (QED) is 0.773. The van der Waals surface area contributed by atoms with E-state index < -0.39 is 0 Å². The molecular weight excluding hydrogens is 214 g/mol. The molecule has 0 aliphatic rings. The Hall–Kier alpha value is -0.340. The molecule has 16 heavy (non-hydrogen) atoms. The molecule has 0 spiro atoms. The summed E-state index contributed by atoms with van der Waals surface area (Å²) in [4.78, 5) is 2.97. The van der Waals surface area contributed by atoms with Gasteiger partial charge in [-0.15, -0.1) is 11.3 Å². The van der Waals surface area contributed by atoms with Crippen molar-refractivity contribution < 1.29 is 0 Å². The lowest BCUT2D eigenvalue weighted by molar-refractivity contribution is 0.452. The highest BCUT2D eigenvalue weighted by molar-refractivity contribution is 7.12. The summed E-state index contributed by atoms with van der Waals surface area (Å²) in [5.41, 5.74) is 1.46. The minimum Gasteiger partial charge on any atom is -0.310 e. The predicted octanol–water partition coefficient (Wildman–Crippen LogP) is 4.45. The average Bonchev–Trinajstić information content (AvgIpc) is 2.52. The monoisotopic (exact) mass is 239 g/mol. The molecule has 0 radical (unpaired) electrons. The van der Waals surface area contributed by atoms with Crippen LogP contribution in [0, 0.1) is 19.8 Å². The Labute approximate surface area is 104 Å². The third kappa shape index (κ3) is 3.91. The van der Waals surface area contributed by atoms with Crippen molar-refractivity contribution in [3.8, 4) is 0 Å². The van der Waals surface area contributed by atoms with Crippen LogP contribution in [-0.2, 0) is 0 Å². The fraction of sp³-hybridized carbons (Fsp3) is 0.714. The van der Waals surface area contributed by atoms with Crippen LogP contribution >= 0.6 is 11.3 Å². The van der Waals surface area contributed by atoms with E-state index in [-0.39, 0.29) is 0 Å². The fourth-order valence-electron chi connectivity index (χ4n) is 2.08. The highest BCUT2D eigenvalue weighted by Gasteiger charge is 2.15. The molecular formula is C14H25NS. The van der Waals surface area contributed by atoms with Gasteiger partial charge in [-0.05, 0) is 50.8 Å². The van der Waals surface area contributed by atoms with E-state index in [1.165, 1.54) is 23.3 Å². The Morgan fingerprint density at radius 2 is 1.94 bits per heavy atom. The van der Waals surface area contributed by atoms with Crippen LogP contribution in [0.1, 0.15) is 55.0 Å². The van der Waals surface area contributed by atoms with Gasteiger partial charge in [0.2, 0.25) is 0 Å². The number of aryl methyl sites for hydroxylation is 2. The maximum atomic E-state index is 3.62. The van der Waals surface area contributed by atoms with Crippen molar-refractivity contribution in [3.63, 3.8) is 0 Å². The summed E-state index contributed by atoms with van der Waals surface area (Å²) in [7, 11) is 0. The SMILES string of the molecule is CCNC(CCC(C)C)c1sc(C)cc1C. The summed E-state index contributed by atoms with van der Waals surface area (Å²) in [5.74, 6) is 0.794. The van der Waals surface area contributed by atoms with Crippen LogP contribution in [0.4, 0.5) is 0 Å². The maximum absolute atomic E-state index is 3.62. The lowest BCUT2D eigenvalue weighted by Gasteiger charge is -2.18. The third-order valence-corrected chi connectivity index (χ3v) is 4.15. The molecule has 1 aromatic heterocycles. The second-order valence-corrected chi connectivity index (χ2v) is 6.27. The highest BCUT2D eigenvalue weighted by Crippen LogP contribution is 2.30. The van der Waals surface area contributed by atoms with E-state index in [4.69, 9.17) is 0 Å². The van der Waals surface area contributed by atoms with Gasteiger partial charge >= 0.3 is 0 Å². The van der Waals surface area contributed by atoms with Crippen molar-refractivity contribution in [3.05, 3.63) is 21.4 Å². The minimum absolute atomic E-state index is 0.561. The Morgan fingerprint density at radius 1 is 1.25 bits per heavy atom. The average molecular weight is 239 g/mol. The molecule has 92 valence electrons. The van der Waals surface area contributed by atoms with Gasteiger partial charge < -0.3 is 5.32 Å². The minimum atomic E-state index is 0.561. The van der Waals surface area contributed by atoms with E-state index in [1.54, 1.807) is 4.88 Å². The first-order chi connectivity index (χ1) is 7.54. The van der Waals surface area contributed by atoms with E-state index in [1.807, 2.05) is 11.3 Å². The molecule has 0 fully saturated rings. The molecule has 0 aliphatic carbocycles. The molecule has 0 aromatic carbocycles. The first-order valence-electron chi connectivity index (χ1n) is 6.34. The zero-order chi connectivity index (χ0) is 12.1. The summed E-state index contributed by atoms with van der Waals surface area (Å²) in [6.45, 7) is 12.3. The van der Waals surface area contributed by atoms with Crippen molar-refractivity contribution in [1.29, 1.82) is 0 Å². The van der Waals surface area contributed by atoms with Gasteiger partial charge in [-0.1, -0.05) is 20.8 Å². The van der Waals surface area contributed by atoms with E-state index in [0.717, 1.165) is 12.5 Å². The normalized spacial score (nSPS) is 13.4. The Kier molecular flexibility index (Phi) is 5.50. The molecule has 1 unspecified atom stereocenters. The van der Waals surface area contributed by atoms with Gasteiger partial charge in [0.25, 0.3) is 0 Å². The highest BCUT2D eigenvalue weighted by atomic mass is 32.1. The summed E-state index contributed by atoms with van der Waals surface area (Å²) in [5, 5.41) is 3.62. The largest absolute Gasteiger partial charge is 0.310 e. The van der Waals surface area contributed by atoms with Crippen molar-refractivity contribution in [2.24, 2.45) is 5.92 Å². The summed E-state index contributed by atoms with van der Waals surface area (Å²) in [6, 6.07) is 2.87. The number of hydrogen-bond donors (Lipinski definition) is 1. The molecule has 0 aliphatic heterocycles. The van der Waals surface area contributed by atoms with E-state index >= 15 is 0 Å². The van der Waals surface area contributed by atoms with Gasteiger partial charge in [-0.25, -0.2) is 0 Å². The van der Waals surface area contributed by atoms with Crippen LogP contribution in [0.3, 0.4) is 0 Å².